The van der Waals surface area contributed by atoms with Crippen LogP contribution in [0, 0.1) is 0 Å². The standard InChI is InChI=1S/C14H20N4/c1(7-16-12-3-4-12)6-15-9-11-2-5-13-14(8-11)18-10-17-13/h2,5,8,10,12,15-16H,1,3-4,6-7,9H2,(H,17,18). The van der Waals surface area contributed by atoms with E-state index in [1.54, 1.807) is 6.33 Å². The lowest BCUT2D eigenvalue weighted by atomic mass is 10.2. The third-order valence-electron chi connectivity index (χ3n) is 3.35. The van der Waals surface area contributed by atoms with Gasteiger partial charge in [-0.3, -0.25) is 0 Å². The molecule has 4 nitrogen and oxygen atoms in total. The second-order valence-corrected chi connectivity index (χ2v) is 5.01. The van der Waals surface area contributed by atoms with Crippen LogP contribution in [-0.2, 0) is 6.54 Å². The predicted octanol–water partition coefficient (Wildman–Crippen LogP) is 1.79. The first kappa shape index (κ1) is 11.7. The molecule has 0 unspecified atom stereocenters. The number of imidazole rings is 1. The van der Waals surface area contributed by atoms with Crippen LogP contribution >= 0.6 is 0 Å². The Labute approximate surface area is 107 Å². The molecule has 0 spiro atoms. The Bertz CT molecular complexity index is 501. The highest BCUT2D eigenvalue weighted by Crippen LogP contribution is 2.18. The zero-order chi connectivity index (χ0) is 12.2. The second kappa shape index (κ2) is 5.50. The predicted molar refractivity (Wildman–Crippen MR) is 73.4 cm³/mol. The molecular weight excluding hydrogens is 224 g/mol. The number of nitrogens with zero attached hydrogens (tertiary/aromatic N) is 1. The second-order valence-electron chi connectivity index (χ2n) is 5.01. The highest BCUT2D eigenvalue weighted by molar-refractivity contribution is 5.74. The minimum Gasteiger partial charge on any atom is -0.345 e. The van der Waals surface area contributed by atoms with Crippen molar-refractivity contribution in [3.05, 3.63) is 30.1 Å². The van der Waals surface area contributed by atoms with Crippen LogP contribution in [-0.4, -0.2) is 29.1 Å². The summed E-state index contributed by atoms with van der Waals surface area (Å²) < 4.78 is 0. The molecule has 1 aromatic carbocycles. The third kappa shape index (κ3) is 3.09. The maximum Gasteiger partial charge on any atom is 0.0931 e. The fraction of sp³-hybridized carbons (Fsp3) is 0.500. The van der Waals surface area contributed by atoms with E-state index in [1.165, 1.54) is 24.8 Å². The van der Waals surface area contributed by atoms with Crippen LogP contribution in [0.5, 0.6) is 0 Å². The van der Waals surface area contributed by atoms with Gasteiger partial charge < -0.3 is 15.6 Å². The number of fused-ring (bicyclic) bond motifs is 1. The van der Waals surface area contributed by atoms with Gasteiger partial charge in [-0.2, -0.15) is 0 Å². The number of nitrogens with one attached hydrogen (secondary N) is 3. The normalized spacial score (nSPS) is 15.3. The molecule has 4 heteroatoms. The lowest BCUT2D eigenvalue weighted by molar-refractivity contribution is 0.593. The van der Waals surface area contributed by atoms with Crippen molar-refractivity contribution in [1.29, 1.82) is 0 Å². The molecule has 1 aromatic heterocycles. The Balaban J connectivity index is 1.38. The Morgan fingerprint density at radius 3 is 3.11 bits per heavy atom. The fourth-order valence-electron chi connectivity index (χ4n) is 2.13. The molecule has 96 valence electrons. The quantitative estimate of drug-likeness (QED) is 0.651. The molecule has 0 radical (unpaired) electrons. The first-order chi connectivity index (χ1) is 8.92. The van der Waals surface area contributed by atoms with Gasteiger partial charge in [0.05, 0.1) is 17.4 Å². The lowest BCUT2D eigenvalue weighted by Crippen LogP contribution is -2.23. The summed E-state index contributed by atoms with van der Waals surface area (Å²) in [5.41, 5.74) is 3.46. The van der Waals surface area contributed by atoms with E-state index in [1.807, 2.05) is 0 Å². The van der Waals surface area contributed by atoms with Gasteiger partial charge in [-0.1, -0.05) is 6.07 Å². The summed E-state index contributed by atoms with van der Waals surface area (Å²) in [6.45, 7) is 3.14. The molecule has 0 atom stereocenters. The summed E-state index contributed by atoms with van der Waals surface area (Å²) in [6.07, 6.45) is 5.68. The molecule has 1 fully saturated rings. The number of aromatic amines is 1. The van der Waals surface area contributed by atoms with Gasteiger partial charge in [0.15, 0.2) is 0 Å². The van der Waals surface area contributed by atoms with E-state index in [0.717, 1.165) is 36.7 Å². The number of aromatic nitrogens is 2. The van der Waals surface area contributed by atoms with Crippen molar-refractivity contribution in [3.63, 3.8) is 0 Å². The van der Waals surface area contributed by atoms with Gasteiger partial charge in [-0.05, 0) is 50.0 Å². The van der Waals surface area contributed by atoms with Crippen LogP contribution in [0.15, 0.2) is 24.5 Å². The molecule has 0 saturated heterocycles. The molecule has 3 rings (SSSR count). The summed E-state index contributed by atoms with van der Waals surface area (Å²) >= 11 is 0. The van der Waals surface area contributed by atoms with Crippen LogP contribution in [0.2, 0.25) is 0 Å². The van der Waals surface area contributed by atoms with Gasteiger partial charge in [-0.25, -0.2) is 4.98 Å². The van der Waals surface area contributed by atoms with E-state index in [-0.39, 0.29) is 0 Å². The van der Waals surface area contributed by atoms with Crippen LogP contribution in [0.4, 0.5) is 0 Å². The molecule has 18 heavy (non-hydrogen) atoms. The fourth-order valence-corrected chi connectivity index (χ4v) is 2.13. The van der Waals surface area contributed by atoms with Crippen LogP contribution in [0.25, 0.3) is 11.0 Å². The lowest BCUT2D eigenvalue weighted by Gasteiger charge is -2.05. The maximum absolute atomic E-state index is 4.22. The maximum atomic E-state index is 4.22. The van der Waals surface area contributed by atoms with Crippen molar-refractivity contribution in [2.45, 2.75) is 31.8 Å². The van der Waals surface area contributed by atoms with Crippen LogP contribution in [0.1, 0.15) is 24.8 Å². The van der Waals surface area contributed by atoms with E-state index >= 15 is 0 Å². The first-order valence-corrected chi connectivity index (χ1v) is 6.78. The van der Waals surface area contributed by atoms with Crippen molar-refractivity contribution in [2.75, 3.05) is 13.1 Å². The van der Waals surface area contributed by atoms with E-state index in [9.17, 15) is 0 Å². The SMILES string of the molecule is c1nc2ccc(CNCCCNC3CC3)cc2[nH]1. The number of hydrogen-bond acceptors (Lipinski definition) is 3. The first-order valence-electron chi connectivity index (χ1n) is 6.78. The number of H-pyrrole nitrogens is 1. The largest absolute Gasteiger partial charge is 0.345 e. The van der Waals surface area contributed by atoms with E-state index in [0.29, 0.717) is 0 Å². The molecule has 1 aliphatic carbocycles. The van der Waals surface area contributed by atoms with Crippen molar-refractivity contribution in [3.8, 4) is 0 Å². The Morgan fingerprint density at radius 1 is 1.28 bits per heavy atom. The highest BCUT2D eigenvalue weighted by atomic mass is 14.9. The molecule has 0 amide bonds. The van der Waals surface area contributed by atoms with Gasteiger partial charge in [0.2, 0.25) is 0 Å². The summed E-state index contributed by atoms with van der Waals surface area (Å²) in [6, 6.07) is 7.20. The monoisotopic (exact) mass is 244 g/mol. The van der Waals surface area contributed by atoms with Crippen molar-refractivity contribution in [2.24, 2.45) is 0 Å². The Kier molecular flexibility index (Phi) is 3.57. The summed E-state index contributed by atoms with van der Waals surface area (Å²) in [4.78, 5) is 7.36. The Morgan fingerprint density at radius 2 is 2.22 bits per heavy atom. The number of rotatable bonds is 7. The molecule has 2 aromatic rings. The van der Waals surface area contributed by atoms with Crippen LogP contribution < -0.4 is 10.6 Å². The average molecular weight is 244 g/mol. The summed E-state index contributed by atoms with van der Waals surface area (Å²) in [5, 5.41) is 7.00. The summed E-state index contributed by atoms with van der Waals surface area (Å²) in [7, 11) is 0. The van der Waals surface area contributed by atoms with Gasteiger partial charge in [0.1, 0.15) is 0 Å². The molecule has 0 bridgehead atoms. The number of benzene rings is 1. The van der Waals surface area contributed by atoms with Gasteiger partial charge >= 0.3 is 0 Å². The van der Waals surface area contributed by atoms with E-state index in [2.05, 4.69) is 38.8 Å². The number of hydrogen-bond donors (Lipinski definition) is 3. The van der Waals surface area contributed by atoms with Crippen molar-refractivity contribution < 1.29 is 0 Å². The smallest absolute Gasteiger partial charge is 0.0931 e. The van der Waals surface area contributed by atoms with Crippen molar-refractivity contribution in [1.82, 2.24) is 20.6 Å². The van der Waals surface area contributed by atoms with Gasteiger partial charge in [0.25, 0.3) is 0 Å². The van der Waals surface area contributed by atoms with Gasteiger partial charge in [0, 0.05) is 12.6 Å². The molecule has 3 N–H and O–H groups in total. The van der Waals surface area contributed by atoms with E-state index < -0.39 is 0 Å². The van der Waals surface area contributed by atoms with Gasteiger partial charge in [-0.15, -0.1) is 0 Å². The average Bonchev–Trinajstić information content (AvgIpc) is 3.09. The summed E-state index contributed by atoms with van der Waals surface area (Å²) in [5.74, 6) is 0. The minimum absolute atomic E-state index is 0.827. The zero-order valence-corrected chi connectivity index (χ0v) is 10.6. The molecule has 0 aliphatic heterocycles. The molecule has 1 saturated carbocycles. The molecule has 1 heterocycles. The minimum atomic E-state index is 0.827. The third-order valence-corrected chi connectivity index (χ3v) is 3.35. The van der Waals surface area contributed by atoms with E-state index in [4.69, 9.17) is 0 Å². The van der Waals surface area contributed by atoms with Crippen molar-refractivity contribution >= 4 is 11.0 Å². The van der Waals surface area contributed by atoms with Crippen LogP contribution in [0.3, 0.4) is 0 Å². The molecular formula is C14H20N4. The zero-order valence-electron chi connectivity index (χ0n) is 10.6. The highest BCUT2D eigenvalue weighted by Gasteiger charge is 2.19. The Hall–Kier alpha value is -1.39. The molecule has 1 aliphatic rings. The topological polar surface area (TPSA) is 52.7 Å².